The molecule has 0 fully saturated rings. The molecule has 0 unspecified atom stereocenters. The van der Waals surface area contributed by atoms with Crippen molar-refractivity contribution in [3.05, 3.63) is 40.1 Å². The van der Waals surface area contributed by atoms with E-state index in [9.17, 15) is 4.79 Å². The number of ether oxygens (including phenoxy) is 1. The number of carbonyl (C=O) groups is 1. The number of esters is 1. The minimum Gasteiger partial charge on any atom is -0.464 e. The van der Waals surface area contributed by atoms with Crippen molar-refractivity contribution in [2.45, 2.75) is 19.8 Å². The van der Waals surface area contributed by atoms with Gasteiger partial charge in [0.25, 0.3) is 0 Å². The van der Waals surface area contributed by atoms with Crippen molar-refractivity contribution < 1.29 is 9.53 Å². The number of benzene rings is 1. The van der Waals surface area contributed by atoms with E-state index in [-0.39, 0.29) is 5.92 Å². The van der Waals surface area contributed by atoms with Gasteiger partial charge in [-0.15, -0.1) is 0 Å². The SMILES string of the molecule is COC(=O)c1nc(-c2ccc(Br)cc2)[nH]c1C(C)C. The highest BCUT2D eigenvalue weighted by molar-refractivity contribution is 9.10. The first-order valence-electron chi connectivity index (χ1n) is 5.97. The molecule has 1 heterocycles. The summed E-state index contributed by atoms with van der Waals surface area (Å²) in [6.07, 6.45) is 0. The van der Waals surface area contributed by atoms with Gasteiger partial charge in [0, 0.05) is 10.0 Å². The standard InChI is InChI=1S/C14H15BrN2O2/c1-8(2)11-12(14(18)19-3)17-13(16-11)9-4-6-10(15)7-5-9/h4-8H,1-3H3,(H,16,17). The molecule has 0 saturated heterocycles. The second-order valence-electron chi connectivity index (χ2n) is 4.50. The van der Waals surface area contributed by atoms with Gasteiger partial charge in [-0.05, 0) is 18.1 Å². The maximum atomic E-state index is 11.7. The smallest absolute Gasteiger partial charge is 0.358 e. The second kappa shape index (κ2) is 5.57. The summed E-state index contributed by atoms with van der Waals surface area (Å²) >= 11 is 3.39. The van der Waals surface area contributed by atoms with Gasteiger partial charge in [0.2, 0.25) is 0 Å². The van der Waals surface area contributed by atoms with Crippen LogP contribution in [0.4, 0.5) is 0 Å². The third-order valence-electron chi connectivity index (χ3n) is 2.81. The third-order valence-corrected chi connectivity index (χ3v) is 3.33. The highest BCUT2D eigenvalue weighted by Crippen LogP contribution is 2.24. The summed E-state index contributed by atoms with van der Waals surface area (Å²) < 4.78 is 5.77. The van der Waals surface area contributed by atoms with Crippen LogP contribution < -0.4 is 0 Å². The van der Waals surface area contributed by atoms with Gasteiger partial charge in [-0.2, -0.15) is 0 Å². The number of H-pyrrole nitrogens is 1. The first-order valence-corrected chi connectivity index (χ1v) is 6.76. The van der Waals surface area contributed by atoms with Gasteiger partial charge >= 0.3 is 5.97 Å². The van der Waals surface area contributed by atoms with Crippen molar-refractivity contribution >= 4 is 21.9 Å². The maximum Gasteiger partial charge on any atom is 0.358 e. The number of hydrogen-bond acceptors (Lipinski definition) is 3. The van der Waals surface area contributed by atoms with E-state index in [0.717, 1.165) is 15.7 Å². The lowest BCUT2D eigenvalue weighted by molar-refractivity contribution is 0.0593. The molecule has 0 radical (unpaired) electrons. The fraction of sp³-hybridized carbons (Fsp3) is 0.286. The van der Waals surface area contributed by atoms with Crippen LogP contribution in [0.3, 0.4) is 0 Å². The molecular weight excluding hydrogens is 308 g/mol. The first-order chi connectivity index (χ1) is 9.02. The quantitative estimate of drug-likeness (QED) is 0.875. The van der Waals surface area contributed by atoms with Crippen LogP contribution in [0.15, 0.2) is 28.7 Å². The molecule has 0 bridgehead atoms. The maximum absolute atomic E-state index is 11.7. The number of nitrogens with zero attached hydrogens (tertiary/aromatic N) is 1. The van der Waals surface area contributed by atoms with Crippen LogP contribution in [-0.4, -0.2) is 23.0 Å². The average molecular weight is 323 g/mol. The minimum atomic E-state index is -0.414. The van der Waals surface area contributed by atoms with Gasteiger partial charge in [0.15, 0.2) is 5.69 Å². The van der Waals surface area contributed by atoms with Crippen LogP contribution in [0.25, 0.3) is 11.4 Å². The molecule has 19 heavy (non-hydrogen) atoms. The molecule has 0 atom stereocenters. The lowest BCUT2D eigenvalue weighted by atomic mass is 10.1. The van der Waals surface area contributed by atoms with Crippen LogP contribution in [0.1, 0.15) is 35.9 Å². The highest BCUT2D eigenvalue weighted by atomic mass is 79.9. The Kier molecular flexibility index (Phi) is 4.04. The normalized spacial score (nSPS) is 10.8. The molecule has 0 saturated carbocycles. The topological polar surface area (TPSA) is 55.0 Å². The van der Waals surface area contributed by atoms with Gasteiger partial charge in [0.1, 0.15) is 5.82 Å². The number of aromatic nitrogens is 2. The van der Waals surface area contributed by atoms with Gasteiger partial charge in [-0.1, -0.05) is 41.9 Å². The highest BCUT2D eigenvalue weighted by Gasteiger charge is 2.20. The van der Waals surface area contributed by atoms with E-state index in [1.165, 1.54) is 7.11 Å². The van der Waals surface area contributed by atoms with Gasteiger partial charge in [0.05, 0.1) is 12.8 Å². The zero-order chi connectivity index (χ0) is 14.0. The summed E-state index contributed by atoms with van der Waals surface area (Å²) in [5.74, 6) is 0.436. The third kappa shape index (κ3) is 2.87. The Hall–Kier alpha value is -1.62. The second-order valence-corrected chi connectivity index (χ2v) is 5.42. The zero-order valence-corrected chi connectivity index (χ0v) is 12.6. The summed E-state index contributed by atoms with van der Waals surface area (Å²) in [6, 6.07) is 7.75. The minimum absolute atomic E-state index is 0.172. The Bertz CT molecular complexity index is 588. The molecule has 0 spiro atoms. The summed E-state index contributed by atoms with van der Waals surface area (Å²) in [6.45, 7) is 4.01. The van der Waals surface area contributed by atoms with Gasteiger partial charge < -0.3 is 9.72 Å². The summed E-state index contributed by atoms with van der Waals surface area (Å²) in [7, 11) is 1.36. The first kappa shape index (κ1) is 13.8. The molecule has 2 rings (SSSR count). The van der Waals surface area contributed by atoms with Crippen LogP contribution >= 0.6 is 15.9 Å². The summed E-state index contributed by atoms with van der Waals surface area (Å²) in [5.41, 5.74) is 2.08. The van der Waals surface area contributed by atoms with E-state index >= 15 is 0 Å². The van der Waals surface area contributed by atoms with Crippen molar-refractivity contribution in [2.75, 3.05) is 7.11 Å². The van der Waals surface area contributed by atoms with Crippen molar-refractivity contribution in [1.82, 2.24) is 9.97 Å². The molecule has 0 aliphatic heterocycles. The fourth-order valence-corrected chi connectivity index (χ4v) is 2.07. The van der Waals surface area contributed by atoms with Crippen molar-refractivity contribution in [2.24, 2.45) is 0 Å². The summed E-state index contributed by atoms with van der Waals surface area (Å²) in [5, 5.41) is 0. The average Bonchev–Trinajstić information content (AvgIpc) is 2.84. The Morgan fingerprint density at radius 1 is 1.32 bits per heavy atom. The number of halogens is 1. The van der Waals surface area contributed by atoms with Gasteiger partial charge in [-0.25, -0.2) is 9.78 Å². The van der Waals surface area contributed by atoms with E-state index in [1.807, 2.05) is 38.1 Å². The molecule has 4 nitrogen and oxygen atoms in total. The Morgan fingerprint density at radius 3 is 2.47 bits per heavy atom. The molecular formula is C14H15BrN2O2. The molecule has 100 valence electrons. The van der Waals surface area contributed by atoms with E-state index in [4.69, 9.17) is 4.74 Å². The van der Waals surface area contributed by atoms with Crippen molar-refractivity contribution in [3.8, 4) is 11.4 Å². The number of rotatable bonds is 3. The predicted molar refractivity (Wildman–Crippen MR) is 77.2 cm³/mol. The lowest BCUT2D eigenvalue weighted by Gasteiger charge is -2.03. The number of hydrogen-bond donors (Lipinski definition) is 1. The van der Waals surface area contributed by atoms with Crippen LogP contribution in [-0.2, 0) is 4.74 Å². The largest absolute Gasteiger partial charge is 0.464 e. The molecule has 1 aromatic heterocycles. The number of carbonyl (C=O) groups excluding carboxylic acids is 1. The zero-order valence-electron chi connectivity index (χ0n) is 11.0. The predicted octanol–water partition coefficient (Wildman–Crippen LogP) is 3.75. The van der Waals surface area contributed by atoms with E-state index < -0.39 is 5.97 Å². The molecule has 0 aliphatic rings. The molecule has 1 N–H and O–H groups in total. The van der Waals surface area contributed by atoms with Crippen LogP contribution in [0, 0.1) is 0 Å². The Balaban J connectivity index is 2.48. The number of nitrogens with one attached hydrogen (secondary N) is 1. The molecule has 0 aliphatic carbocycles. The number of imidazole rings is 1. The van der Waals surface area contributed by atoms with Crippen LogP contribution in [0.2, 0.25) is 0 Å². The molecule has 5 heteroatoms. The van der Waals surface area contributed by atoms with Gasteiger partial charge in [-0.3, -0.25) is 0 Å². The Morgan fingerprint density at radius 2 is 1.95 bits per heavy atom. The van der Waals surface area contributed by atoms with Crippen molar-refractivity contribution in [3.63, 3.8) is 0 Å². The van der Waals surface area contributed by atoms with Crippen LogP contribution in [0.5, 0.6) is 0 Å². The molecule has 0 amide bonds. The Labute approximate surface area is 120 Å². The molecule has 2 aromatic rings. The van der Waals surface area contributed by atoms with Crippen molar-refractivity contribution in [1.29, 1.82) is 0 Å². The number of aromatic amines is 1. The van der Waals surface area contributed by atoms with E-state index in [0.29, 0.717) is 11.5 Å². The lowest BCUT2D eigenvalue weighted by Crippen LogP contribution is -2.06. The number of methoxy groups -OCH3 is 1. The van der Waals surface area contributed by atoms with E-state index in [2.05, 4.69) is 25.9 Å². The molecule has 1 aromatic carbocycles. The van der Waals surface area contributed by atoms with E-state index in [1.54, 1.807) is 0 Å². The monoisotopic (exact) mass is 322 g/mol. The fourth-order valence-electron chi connectivity index (χ4n) is 1.80. The summed E-state index contributed by atoms with van der Waals surface area (Å²) in [4.78, 5) is 19.3.